The summed E-state index contributed by atoms with van der Waals surface area (Å²) in [6.45, 7) is 6.00. The number of anilines is 1. The molecular weight excluding hydrogens is 550 g/mol. The second-order valence-electron chi connectivity index (χ2n) is 9.22. The van der Waals surface area contributed by atoms with Crippen molar-refractivity contribution < 1.29 is 22.7 Å². The van der Waals surface area contributed by atoms with E-state index in [0.29, 0.717) is 29.6 Å². The van der Waals surface area contributed by atoms with Gasteiger partial charge in [0.25, 0.3) is 10.0 Å². The molecule has 0 aliphatic heterocycles. The summed E-state index contributed by atoms with van der Waals surface area (Å²) < 4.78 is 34.2. The molecule has 0 heterocycles. The highest BCUT2D eigenvalue weighted by molar-refractivity contribution is 7.92. The van der Waals surface area contributed by atoms with E-state index in [1.165, 1.54) is 17.0 Å². The van der Waals surface area contributed by atoms with E-state index in [9.17, 15) is 18.0 Å². The number of sulfonamides is 1. The van der Waals surface area contributed by atoms with E-state index in [1.54, 1.807) is 73.7 Å². The van der Waals surface area contributed by atoms with Gasteiger partial charge in [0.15, 0.2) is 0 Å². The number of unbranched alkanes of at least 4 members (excludes halogenated alkanes) is 1. The number of nitrogens with zero attached hydrogens (tertiary/aromatic N) is 2. The van der Waals surface area contributed by atoms with Crippen LogP contribution in [-0.2, 0) is 26.2 Å². The van der Waals surface area contributed by atoms with Gasteiger partial charge in [-0.15, -0.1) is 0 Å². The molecule has 1 N–H and O–H groups in total. The van der Waals surface area contributed by atoms with Gasteiger partial charge in [0.2, 0.25) is 11.8 Å². The van der Waals surface area contributed by atoms with E-state index >= 15 is 0 Å². The van der Waals surface area contributed by atoms with Crippen LogP contribution in [0.4, 0.5) is 5.69 Å². The number of halogens is 1. The third-order valence-corrected chi connectivity index (χ3v) is 8.31. The van der Waals surface area contributed by atoms with Crippen LogP contribution in [0.15, 0.2) is 83.8 Å². The maximum absolute atomic E-state index is 13.9. The first-order valence-electron chi connectivity index (χ1n) is 13.3. The second-order valence-corrected chi connectivity index (χ2v) is 11.5. The van der Waals surface area contributed by atoms with Crippen LogP contribution in [0.3, 0.4) is 0 Å². The molecule has 2 amide bonds. The molecule has 0 spiro atoms. The fourth-order valence-corrected chi connectivity index (χ4v) is 5.70. The fraction of sp³-hybridized carbons (Fsp3) is 0.333. The molecular formula is C30H36ClN3O5S. The number of rotatable bonds is 14. The molecule has 0 saturated carbocycles. The summed E-state index contributed by atoms with van der Waals surface area (Å²) >= 11 is 6.18. The Labute approximate surface area is 241 Å². The molecule has 3 aromatic rings. The van der Waals surface area contributed by atoms with Gasteiger partial charge in [-0.3, -0.25) is 13.9 Å². The van der Waals surface area contributed by atoms with Crippen LogP contribution >= 0.6 is 11.6 Å². The van der Waals surface area contributed by atoms with Gasteiger partial charge in [-0.25, -0.2) is 8.42 Å². The van der Waals surface area contributed by atoms with Gasteiger partial charge in [0.1, 0.15) is 18.3 Å². The van der Waals surface area contributed by atoms with Crippen molar-refractivity contribution in [1.82, 2.24) is 10.2 Å². The average molecular weight is 586 g/mol. The summed E-state index contributed by atoms with van der Waals surface area (Å²) in [5.74, 6) is -0.305. The van der Waals surface area contributed by atoms with Crippen LogP contribution in [0, 0.1) is 0 Å². The Morgan fingerprint density at radius 3 is 2.30 bits per heavy atom. The van der Waals surface area contributed by atoms with Crippen molar-refractivity contribution in [1.29, 1.82) is 0 Å². The van der Waals surface area contributed by atoms with E-state index in [-0.39, 0.29) is 17.3 Å². The molecule has 40 heavy (non-hydrogen) atoms. The van der Waals surface area contributed by atoms with Gasteiger partial charge >= 0.3 is 0 Å². The van der Waals surface area contributed by atoms with Crippen molar-refractivity contribution in [3.8, 4) is 5.75 Å². The molecule has 0 fully saturated rings. The van der Waals surface area contributed by atoms with E-state index in [4.69, 9.17) is 16.3 Å². The monoisotopic (exact) mass is 585 g/mol. The normalized spacial score (nSPS) is 11.9. The van der Waals surface area contributed by atoms with Crippen molar-refractivity contribution in [3.05, 3.63) is 89.4 Å². The highest BCUT2D eigenvalue weighted by Crippen LogP contribution is 2.26. The van der Waals surface area contributed by atoms with E-state index in [1.807, 2.05) is 13.8 Å². The van der Waals surface area contributed by atoms with Crippen molar-refractivity contribution in [2.24, 2.45) is 0 Å². The summed E-state index contributed by atoms with van der Waals surface area (Å²) in [7, 11) is -4.15. The molecule has 0 unspecified atom stereocenters. The number of carbonyl (C=O) groups excluding carboxylic acids is 2. The highest BCUT2D eigenvalue weighted by Gasteiger charge is 2.32. The molecule has 0 aromatic heterocycles. The molecule has 214 valence electrons. The van der Waals surface area contributed by atoms with Crippen molar-refractivity contribution in [2.45, 2.75) is 51.1 Å². The minimum atomic E-state index is -4.15. The number of para-hydroxylation sites is 1. The third kappa shape index (κ3) is 8.22. The maximum atomic E-state index is 13.9. The average Bonchev–Trinajstić information content (AvgIpc) is 2.95. The van der Waals surface area contributed by atoms with Gasteiger partial charge in [-0.2, -0.15) is 0 Å². The number of hydrogen-bond acceptors (Lipinski definition) is 5. The van der Waals surface area contributed by atoms with Gasteiger partial charge < -0.3 is 15.0 Å². The largest absolute Gasteiger partial charge is 0.494 e. The lowest BCUT2D eigenvalue weighted by atomic mass is 10.1. The van der Waals surface area contributed by atoms with E-state index < -0.39 is 28.5 Å². The molecule has 1 atom stereocenters. The van der Waals surface area contributed by atoms with Crippen LogP contribution in [0.2, 0.25) is 5.02 Å². The van der Waals surface area contributed by atoms with Crippen LogP contribution in [-0.4, -0.2) is 50.9 Å². The fourth-order valence-electron chi connectivity index (χ4n) is 4.08. The van der Waals surface area contributed by atoms with Gasteiger partial charge in [0.05, 0.1) is 17.2 Å². The minimum absolute atomic E-state index is 0.0133. The lowest BCUT2D eigenvalue weighted by molar-refractivity contribution is -0.139. The Bertz CT molecular complexity index is 1370. The van der Waals surface area contributed by atoms with Gasteiger partial charge in [-0.05, 0) is 74.4 Å². The summed E-state index contributed by atoms with van der Waals surface area (Å²) in [6, 6.07) is 20.6. The molecule has 8 nitrogen and oxygen atoms in total. The molecule has 10 heteroatoms. The molecule has 0 saturated heterocycles. The summed E-state index contributed by atoms with van der Waals surface area (Å²) in [4.78, 5) is 28.3. The predicted molar refractivity (Wildman–Crippen MR) is 158 cm³/mol. The van der Waals surface area contributed by atoms with Crippen LogP contribution < -0.4 is 14.4 Å². The van der Waals surface area contributed by atoms with Crippen LogP contribution in [0.5, 0.6) is 5.75 Å². The number of hydrogen-bond donors (Lipinski definition) is 1. The third-order valence-electron chi connectivity index (χ3n) is 6.28. The Kier molecular flexibility index (Phi) is 11.4. The Morgan fingerprint density at radius 1 is 0.975 bits per heavy atom. The molecule has 3 rings (SSSR count). The van der Waals surface area contributed by atoms with Crippen molar-refractivity contribution >= 4 is 39.1 Å². The van der Waals surface area contributed by atoms with Gasteiger partial charge in [-0.1, -0.05) is 55.3 Å². The zero-order valence-corrected chi connectivity index (χ0v) is 24.6. The minimum Gasteiger partial charge on any atom is -0.494 e. The first-order valence-corrected chi connectivity index (χ1v) is 15.1. The lowest BCUT2D eigenvalue weighted by Gasteiger charge is -2.32. The quantitative estimate of drug-likeness (QED) is 0.260. The smallest absolute Gasteiger partial charge is 0.264 e. The molecule has 3 aromatic carbocycles. The van der Waals surface area contributed by atoms with Gasteiger partial charge in [0, 0.05) is 18.1 Å². The topological polar surface area (TPSA) is 96.0 Å². The van der Waals surface area contributed by atoms with Crippen molar-refractivity contribution in [2.75, 3.05) is 24.0 Å². The molecule has 0 aliphatic rings. The lowest BCUT2D eigenvalue weighted by Crippen LogP contribution is -2.51. The second kappa shape index (κ2) is 14.7. The molecule has 0 bridgehead atoms. The SMILES string of the molecule is CCCCNC(=O)[C@@H](C)N(Cc1cccc(Cl)c1)C(=O)CN(c1ccccc1)S(=O)(=O)c1ccc(OCC)cc1. The summed E-state index contributed by atoms with van der Waals surface area (Å²) in [5, 5.41) is 3.36. The summed E-state index contributed by atoms with van der Waals surface area (Å²) in [6.07, 6.45) is 1.72. The maximum Gasteiger partial charge on any atom is 0.264 e. The standard InChI is InChI=1S/C30H36ClN3O5S/c1-4-6-19-32-30(36)23(3)33(21-24-11-10-12-25(31)20-24)29(35)22-34(26-13-8-7-9-14-26)40(37,38)28-17-15-27(16-18-28)39-5-2/h7-18,20,23H,4-6,19,21-22H2,1-3H3,(H,32,36)/t23-/m1/s1. The predicted octanol–water partition coefficient (Wildman–Crippen LogP) is 5.27. The number of benzene rings is 3. The summed E-state index contributed by atoms with van der Waals surface area (Å²) in [5.41, 5.74) is 1.04. The Morgan fingerprint density at radius 2 is 1.68 bits per heavy atom. The zero-order valence-electron chi connectivity index (χ0n) is 23.0. The van der Waals surface area contributed by atoms with Crippen LogP contribution in [0.25, 0.3) is 0 Å². The van der Waals surface area contributed by atoms with Crippen molar-refractivity contribution in [3.63, 3.8) is 0 Å². The number of carbonyl (C=O) groups is 2. The number of ether oxygens (including phenoxy) is 1. The van der Waals surface area contributed by atoms with E-state index in [2.05, 4.69) is 5.32 Å². The highest BCUT2D eigenvalue weighted by atomic mass is 35.5. The Balaban J connectivity index is 1.97. The van der Waals surface area contributed by atoms with Crippen LogP contribution in [0.1, 0.15) is 39.2 Å². The first kappa shape index (κ1) is 31.0. The van der Waals surface area contributed by atoms with E-state index in [0.717, 1.165) is 22.7 Å². The zero-order chi connectivity index (χ0) is 29.1. The molecule has 0 radical (unpaired) electrons. The number of nitrogens with one attached hydrogen (secondary N) is 1. The first-order chi connectivity index (χ1) is 19.2. The Hall–Kier alpha value is -3.56. The number of amides is 2. The molecule has 0 aliphatic carbocycles.